The summed E-state index contributed by atoms with van der Waals surface area (Å²) >= 11 is 1.83. The molecule has 6 unspecified atom stereocenters. The lowest BCUT2D eigenvalue weighted by atomic mass is 9.89. The molecule has 2 rings (SSSR count). The normalized spacial score (nSPS) is 26.7. The van der Waals surface area contributed by atoms with E-state index in [2.05, 4.69) is 50.3 Å². The van der Waals surface area contributed by atoms with Gasteiger partial charge in [-0.15, -0.1) is 11.3 Å². The Balaban J connectivity index is 1.84. The van der Waals surface area contributed by atoms with Gasteiger partial charge in [-0.3, -0.25) is 0 Å². The highest BCUT2D eigenvalue weighted by Gasteiger charge is 2.39. The summed E-state index contributed by atoms with van der Waals surface area (Å²) in [7, 11) is 1.73. The van der Waals surface area contributed by atoms with Gasteiger partial charge in [-0.25, -0.2) is 0 Å². The Morgan fingerprint density at radius 1 is 1.20 bits per heavy atom. The van der Waals surface area contributed by atoms with Crippen molar-refractivity contribution in [2.45, 2.75) is 77.1 Å². The smallest absolute Gasteiger partial charge is 0.0755 e. The number of methoxy groups -OCH3 is 1. The van der Waals surface area contributed by atoms with E-state index in [4.69, 9.17) is 9.84 Å². The minimum Gasteiger partial charge on any atom is -0.396 e. The maximum Gasteiger partial charge on any atom is 0.0755 e. The lowest BCUT2D eigenvalue weighted by Gasteiger charge is -2.20. The standard InChI is InChI=1S/C25H40O4S/c1-18(17-26)8-6-4-5-7-9-22-23(25(28)16-24(22)27)15-12-20(29-3)11-14-21-13-10-19(2)30-21/h5,7,10,12-13,15,18,20,22-28H,4,6,8-9,11,14,16-17H2,1-3H3/b7-5+,15-12+. The van der Waals surface area contributed by atoms with Crippen molar-refractivity contribution in [2.24, 2.45) is 17.8 Å². The quantitative estimate of drug-likeness (QED) is 0.311. The van der Waals surface area contributed by atoms with Crippen LogP contribution in [0.25, 0.3) is 0 Å². The van der Waals surface area contributed by atoms with Gasteiger partial charge >= 0.3 is 0 Å². The van der Waals surface area contributed by atoms with Gasteiger partial charge in [0, 0.05) is 35.8 Å². The third kappa shape index (κ3) is 8.27. The number of hydrogen-bond acceptors (Lipinski definition) is 5. The third-order valence-corrected chi connectivity index (χ3v) is 7.25. The van der Waals surface area contributed by atoms with Crippen LogP contribution in [0.4, 0.5) is 0 Å². The molecule has 30 heavy (non-hydrogen) atoms. The van der Waals surface area contributed by atoms with E-state index >= 15 is 0 Å². The third-order valence-electron chi connectivity index (χ3n) is 6.19. The van der Waals surface area contributed by atoms with E-state index in [1.165, 1.54) is 9.75 Å². The first-order chi connectivity index (χ1) is 14.4. The van der Waals surface area contributed by atoms with Crippen molar-refractivity contribution in [3.05, 3.63) is 46.2 Å². The summed E-state index contributed by atoms with van der Waals surface area (Å²) in [4.78, 5) is 2.70. The summed E-state index contributed by atoms with van der Waals surface area (Å²) in [6.45, 7) is 4.43. The van der Waals surface area contributed by atoms with E-state index in [0.717, 1.165) is 38.5 Å². The predicted molar refractivity (Wildman–Crippen MR) is 125 cm³/mol. The van der Waals surface area contributed by atoms with Crippen LogP contribution in [0.15, 0.2) is 36.4 Å². The summed E-state index contributed by atoms with van der Waals surface area (Å²) in [6.07, 6.45) is 13.7. The number of unbranched alkanes of at least 4 members (excludes halogenated alkanes) is 1. The summed E-state index contributed by atoms with van der Waals surface area (Å²) in [5.41, 5.74) is 0. The van der Waals surface area contributed by atoms with Crippen LogP contribution in [0.2, 0.25) is 0 Å². The molecule has 1 fully saturated rings. The van der Waals surface area contributed by atoms with Gasteiger partial charge in [0.05, 0.1) is 18.3 Å². The Morgan fingerprint density at radius 2 is 2.00 bits per heavy atom. The fourth-order valence-electron chi connectivity index (χ4n) is 4.20. The molecule has 0 aliphatic heterocycles. The minimum absolute atomic E-state index is 0.0158. The van der Waals surface area contributed by atoms with Gasteiger partial charge in [-0.05, 0) is 69.4 Å². The number of aliphatic hydroxyl groups excluding tert-OH is 3. The van der Waals surface area contributed by atoms with E-state index in [-0.39, 0.29) is 24.5 Å². The molecule has 5 heteroatoms. The Labute approximate surface area is 186 Å². The van der Waals surface area contributed by atoms with Gasteiger partial charge in [0.15, 0.2) is 0 Å². The molecule has 1 saturated carbocycles. The molecule has 0 radical (unpaired) electrons. The highest BCUT2D eigenvalue weighted by atomic mass is 32.1. The highest BCUT2D eigenvalue weighted by molar-refractivity contribution is 7.11. The van der Waals surface area contributed by atoms with Crippen molar-refractivity contribution >= 4 is 11.3 Å². The zero-order valence-corrected chi connectivity index (χ0v) is 19.6. The van der Waals surface area contributed by atoms with Crippen LogP contribution in [0, 0.1) is 24.7 Å². The average Bonchev–Trinajstić information content (AvgIpc) is 3.26. The molecule has 1 aliphatic carbocycles. The topological polar surface area (TPSA) is 69.9 Å². The van der Waals surface area contributed by atoms with E-state index < -0.39 is 12.2 Å². The molecule has 0 amide bonds. The van der Waals surface area contributed by atoms with E-state index in [0.29, 0.717) is 12.3 Å². The van der Waals surface area contributed by atoms with E-state index in [1.54, 1.807) is 7.11 Å². The maximum atomic E-state index is 10.5. The number of aryl methyl sites for hydroxylation is 2. The first-order valence-electron chi connectivity index (χ1n) is 11.3. The largest absolute Gasteiger partial charge is 0.396 e. The fraction of sp³-hybridized carbons (Fsp3) is 0.680. The lowest BCUT2D eigenvalue weighted by Crippen LogP contribution is -2.20. The zero-order valence-electron chi connectivity index (χ0n) is 18.7. The van der Waals surface area contributed by atoms with Crippen LogP contribution in [0.1, 0.15) is 55.2 Å². The van der Waals surface area contributed by atoms with E-state index in [9.17, 15) is 10.2 Å². The van der Waals surface area contributed by atoms with Crippen molar-refractivity contribution in [3.8, 4) is 0 Å². The highest BCUT2D eigenvalue weighted by Crippen LogP contribution is 2.36. The maximum absolute atomic E-state index is 10.5. The SMILES string of the molecule is COC(/C=C/C1C(O)CC(O)C1C/C=C/CCCC(C)CO)CCc1ccc(C)s1. The molecule has 0 aromatic carbocycles. The van der Waals surface area contributed by atoms with Gasteiger partial charge < -0.3 is 20.1 Å². The van der Waals surface area contributed by atoms with Crippen LogP contribution in [0.5, 0.6) is 0 Å². The molecule has 3 N–H and O–H groups in total. The number of rotatable bonds is 13. The Kier molecular flexibility index (Phi) is 11.3. The summed E-state index contributed by atoms with van der Waals surface area (Å²) in [6, 6.07) is 4.33. The zero-order chi connectivity index (χ0) is 21.9. The fourth-order valence-corrected chi connectivity index (χ4v) is 5.11. The van der Waals surface area contributed by atoms with Crippen LogP contribution in [0.3, 0.4) is 0 Å². The summed E-state index contributed by atoms with van der Waals surface area (Å²) < 4.78 is 5.63. The molecular weight excluding hydrogens is 396 g/mol. The molecule has 1 aromatic rings. The molecule has 1 heterocycles. The molecule has 0 spiro atoms. The molecule has 0 bridgehead atoms. The minimum atomic E-state index is -0.502. The van der Waals surface area contributed by atoms with Gasteiger partial charge in [0.2, 0.25) is 0 Å². The van der Waals surface area contributed by atoms with Crippen molar-refractivity contribution in [1.82, 2.24) is 0 Å². The number of aliphatic hydroxyl groups is 3. The Bertz CT molecular complexity index is 653. The summed E-state index contributed by atoms with van der Waals surface area (Å²) in [5.74, 6) is 0.360. The van der Waals surface area contributed by atoms with Crippen molar-refractivity contribution in [1.29, 1.82) is 0 Å². The molecule has 0 saturated heterocycles. The van der Waals surface area contributed by atoms with Gasteiger partial charge in [-0.1, -0.05) is 31.2 Å². The first-order valence-corrected chi connectivity index (χ1v) is 12.1. The first kappa shape index (κ1) is 25.3. The van der Waals surface area contributed by atoms with Crippen LogP contribution in [-0.4, -0.2) is 47.3 Å². The van der Waals surface area contributed by atoms with Crippen molar-refractivity contribution in [2.75, 3.05) is 13.7 Å². The Hall–Kier alpha value is -0.980. The van der Waals surface area contributed by atoms with Crippen LogP contribution >= 0.6 is 11.3 Å². The molecular formula is C25H40O4S. The molecule has 6 atom stereocenters. The summed E-state index contributed by atoms with van der Waals surface area (Å²) in [5, 5.41) is 30.0. The molecule has 1 aromatic heterocycles. The lowest BCUT2D eigenvalue weighted by molar-refractivity contribution is 0.120. The second-order valence-electron chi connectivity index (χ2n) is 8.75. The van der Waals surface area contributed by atoms with Gasteiger partial charge in [0.25, 0.3) is 0 Å². The number of ether oxygens (including phenoxy) is 1. The van der Waals surface area contributed by atoms with Crippen molar-refractivity contribution < 1.29 is 20.1 Å². The number of hydrogen-bond donors (Lipinski definition) is 3. The van der Waals surface area contributed by atoms with Crippen LogP contribution < -0.4 is 0 Å². The Morgan fingerprint density at radius 3 is 2.67 bits per heavy atom. The van der Waals surface area contributed by atoms with Crippen LogP contribution in [-0.2, 0) is 11.2 Å². The molecule has 1 aliphatic rings. The molecule has 170 valence electrons. The molecule has 4 nitrogen and oxygen atoms in total. The predicted octanol–water partition coefficient (Wildman–Crippen LogP) is 4.66. The van der Waals surface area contributed by atoms with Gasteiger partial charge in [-0.2, -0.15) is 0 Å². The van der Waals surface area contributed by atoms with Gasteiger partial charge in [0.1, 0.15) is 0 Å². The second-order valence-corrected chi connectivity index (χ2v) is 10.1. The van der Waals surface area contributed by atoms with Crippen molar-refractivity contribution in [3.63, 3.8) is 0 Å². The van der Waals surface area contributed by atoms with E-state index in [1.807, 2.05) is 11.3 Å². The average molecular weight is 437 g/mol. The number of thiophene rings is 1. The monoisotopic (exact) mass is 436 g/mol. The number of allylic oxidation sites excluding steroid dienone is 2. The second kappa shape index (κ2) is 13.4.